The molecule has 0 radical (unpaired) electrons. The molecule has 110 heavy (non-hydrogen) atoms. The van der Waals surface area contributed by atoms with Crippen LogP contribution < -0.4 is 16.0 Å². The molecule has 0 aromatic heterocycles. The van der Waals surface area contributed by atoms with Crippen LogP contribution in [0.4, 0.5) is 17.6 Å². The first kappa shape index (κ1) is 85.6. The summed E-state index contributed by atoms with van der Waals surface area (Å²) in [6, 6.07) is 75.7. The van der Waals surface area contributed by atoms with Crippen molar-refractivity contribution in [1.82, 2.24) is 16.0 Å². The van der Waals surface area contributed by atoms with Gasteiger partial charge in [-0.05, 0) is 111 Å². The zero-order valence-electron chi connectivity index (χ0n) is 64.2. The lowest BCUT2D eigenvalue weighted by Crippen LogP contribution is -2.70. The second-order valence-electron chi connectivity index (χ2n) is 28.6. The normalized spacial score (nSPS) is 22.0. The van der Waals surface area contributed by atoms with E-state index in [-0.39, 0.29) is 83.2 Å². The van der Waals surface area contributed by atoms with E-state index in [0.29, 0.717) is 64.5 Å². The second-order valence-corrected chi connectivity index (χ2v) is 28.6. The molecular weight excluding hydrogens is 1400 g/mol. The van der Waals surface area contributed by atoms with Gasteiger partial charge in [0.15, 0.2) is 11.2 Å². The first-order valence-corrected chi connectivity index (χ1v) is 38.3. The molecule has 0 bridgehead atoms. The van der Waals surface area contributed by atoms with Crippen molar-refractivity contribution in [3.05, 3.63) is 287 Å². The number of halogens is 4. The summed E-state index contributed by atoms with van der Waals surface area (Å²) in [5.74, 6) is -8.33. The van der Waals surface area contributed by atoms with Gasteiger partial charge < -0.3 is 63.3 Å². The SMILES string of the molecule is CN[C@@H](CCCCN=CC(F)(F)[C@]1(C)O[C@H](COCc2ccccc2)[C@H](C)[C@H](OCc2ccccc2)[C@H]1OCc1ccccc1)C(=O)OCc1ccccc1.CN[C@@H](CCCCNCC(F)(F)[C@]1(C)O[C@H](COCc2ccccc2)[C@H](C)[C@H](OCc2ccccc2)[C@H]1OCc1ccccc1)C(=O)OCc1ccccc1. The summed E-state index contributed by atoms with van der Waals surface area (Å²) in [6.07, 6.45) is -1.23. The van der Waals surface area contributed by atoms with Crippen LogP contribution in [0.1, 0.15) is 111 Å². The maximum Gasteiger partial charge on any atom is 0.323 e. The molecule has 2 heterocycles. The zero-order valence-corrected chi connectivity index (χ0v) is 64.2. The smallest absolute Gasteiger partial charge is 0.323 e. The molecule has 0 unspecified atom stereocenters. The number of alkyl halides is 4. The van der Waals surface area contributed by atoms with Crippen molar-refractivity contribution in [2.24, 2.45) is 16.8 Å². The van der Waals surface area contributed by atoms with Gasteiger partial charge in [0.1, 0.15) is 37.5 Å². The molecule has 16 nitrogen and oxygen atoms in total. The van der Waals surface area contributed by atoms with Crippen LogP contribution in [0.15, 0.2) is 248 Å². The molecule has 2 aliphatic heterocycles. The standard InChI is InChI=1S/C45H56F2N2O6.C45H54F2N2O6/c2*1-34-40(32-51-28-35-18-8-4-9-19-35)55-44(2,42(53-30-37-22-12-6-13-23-37)41(34)52-29-36-20-10-5-11-21-36)45(46,47)33-49-27-17-16-26-39(48-3)43(50)54-31-38-24-14-7-15-25-38/h4-15,18-25,34,39-42,48-49H,16-17,26-33H2,1-3H3;4-15,18-25,33-34,39-42,48H,16-17,26-32H2,1-3H3/t2*34-,39-,40+,41-,42+,44+/m00/s1. The Morgan fingerprint density at radius 1 is 0.436 bits per heavy atom. The van der Waals surface area contributed by atoms with E-state index in [1.807, 2.05) is 257 Å². The number of ether oxygens (including phenoxy) is 10. The van der Waals surface area contributed by atoms with E-state index in [1.165, 1.54) is 13.8 Å². The lowest BCUT2D eigenvalue weighted by molar-refractivity contribution is -0.333. The van der Waals surface area contributed by atoms with Gasteiger partial charge in [0.25, 0.3) is 5.92 Å². The number of hydrogen-bond acceptors (Lipinski definition) is 16. The fourth-order valence-corrected chi connectivity index (χ4v) is 13.6. The number of nitrogens with one attached hydrogen (secondary N) is 3. The van der Waals surface area contributed by atoms with E-state index < -0.39 is 78.3 Å². The molecule has 2 saturated heterocycles. The van der Waals surface area contributed by atoms with Gasteiger partial charge in [-0.25, -0.2) is 8.78 Å². The molecule has 0 amide bonds. The lowest BCUT2D eigenvalue weighted by atomic mass is 9.77. The molecule has 2 aliphatic rings. The molecular formula is C90H110F4N4O12. The number of aliphatic imine (C=N–C) groups is 1. The molecule has 0 aliphatic carbocycles. The molecule has 8 aromatic rings. The van der Waals surface area contributed by atoms with E-state index in [9.17, 15) is 9.59 Å². The number of benzene rings is 8. The Hall–Kier alpha value is -8.35. The summed E-state index contributed by atoms with van der Waals surface area (Å²) in [5, 5.41) is 9.00. The molecule has 2 fully saturated rings. The number of carbonyl (C=O) groups excluding carboxylic acids is 2. The van der Waals surface area contributed by atoms with Crippen LogP contribution >= 0.6 is 0 Å². The number of hydrogen-bond donors (Lipinski definition) is 3. The minimum atomic E-state index is -3.56. The Morgan fingerprint density at radius 3 is 1.10 bits per heavy atom. The molecule has 0 spiro atoms. The second kappa shape index (κ2) is 44.6. The quantitative estimate of drug-likeness (QED) is 0.0142. The molecule has 10 rings (SSSR count). The Bertz CT molecular complexity index is 3890. The summed E-state index contributed by atoms with van der Waals surface area (Å²) in [7, 11) is 3.41. The average molecular weight is 1520 g/mol. The highest BCUT2D eigenvalue weighted by molar-refractivity contribution is 5.76. The first-order chi connectivity index (χ1) is 53.4. The molecule has 8 aromatic carbocycles. The molecule has 12 atom stereocenters. The maximum absolute atomic E-state index is 16.9. The maximum atomic E-state index is 16.9. The molecule has 3 N–H and O–H groups in total. The van der Waals surface area contributed by atoms with Gasteiger partial charge >= 0.3 is 17.9 Å². The first-order valence-electron chi connectivity index (χ1n) is 38.3. The van der Waals surface area contributed by atoms with Crippen LogP contribution in [0.3, 0.4) is 0 Å². The van der Waals surface area contributed by atoms with Gasteiger partial charge in [-0.2, -0.15) is 8.78 Å². The average Bonchev–Trinajstić information content (AvgIpc) is 0.744. The number of nitrogens with zero attached hydrogens (tertiary/aromatic N) is 1. The van der Waals surface area contributed by atoms with Crippen molar-refractivity contribution < 1.29 is 74.5 Å². The van der Waals surface area contributed by atoms with Crippen LogP contribution in [0.5, 0.6) is 0 Å². The zero-order chi connectivity index (χ0) is 77.9. The fourth-order valence-electron chi connectivity index (χ4n) is 13.6. The van der Waals surface area contributed by atoms with Crippen molar-refractivity contribution in [2.45, 2.75) is 191 Å². The number of likely N-dealkylation sites (N-methyl/N-ethyl adjacent to an activating group) is 2. The number of carbonyl (C=O) groups is 2. The van der Waals surface area contributed by atoms with Gasteiger partial charge in [-0.3, -0.25) is 14.6 Å². The predicted octanol–water partition coefficient (Wildman–Crippen LogP) is 16.3. The number of esters is 2. The highest BCUT2D eigenvalue weighted by atomic mass is 19.3. The van der Waals surface area contributed by atoms with Crippen molar-refractivity contribution in [2.75, 3.05) is 46.9 Å². The van der Waals surface area contributed by atoms with Crippen LogP contribution in [-0.2, 0) is 110 Å². The van der Waals surface area contributed by atoms with Gasteiger partial charge in [0.2, 0.25) is 0 Å². The van der Waals surface area contributed by atoms with Crippen molar-refractivity contribution in [1.29, 1.82) is 0 Å². The number of unbranched alkanes of at least 4 members (excludes halogenated alkanes) is 2. The van der Waals surface area contributed by atoms with E-state index in [1.54, 1.807) is 14.1 Å². The predicted molar refractivity (Wildman–Crippen MR) is 419 cm³/mol. The monoisotopic (exact) mass is 1510 g/mol. The minimum absolute atomic E-state index is 0.0793. The van der Waals surface area contributed by atoms with Gasteiger partial charge in [0.05, 0.1) is 90.0 Å². The Balaban J connectivity index is 0.000000253. The van der Waals surface area contributed by atoms with E-state index >= 15 is 17.6 Å². The summed E-state index contributed by atoms with van der Waals surface area (Å²) in [4.78, 5) is 29.6. The van der Waals surface area contributed by atoms with Crippen LogP contribution in [0.2, 0.25) is 0 Å². The van der Waals surface area contributed by atoms with Crippen molar-refractivity contribution in [3.8, 4) is 0 Å². The third kappa shape index (κ3) is 25.9. The minimum Gasteiger partial charge on any atom is -0.460 e. The van der Waals surface area contributed by atoms with Crippen molar-refractivity contribution >= 4 is 18.2 Å². The highest BCUT2D eigenvalue weighted by Crippen LogP contribution is 2.48. The summed E-state index contributed by atoms with van der Waals surface area (Å²) in [5.41, 5.74) is 3.06. The lowest BCUT2D eigenvalue weighted by Gasteiger charge is -2.53. The third-order valence-electron chi connectivity index (χ3n) is 20.4. The topological polar surface area (TPSA) is 175 Å². The fraction of sp³-hybridized carbons (Fsp3) is 0.433. The van der Waals surface area contributed by atoms with Gasteiger partial charge in [0, 0.05) is 18.4 Å². The van der Waals surface area contributed by atoms with Gasteiger partial charge in [-0.15, -0.1) is 0 Å². The van der Waals surface area contributed by atoms with Crippen LogP contribution in [-0.4, -0.2) is 137 Å². The summed E-state index contributed by atoms with van der Waals surface area (Å²) < 4.78 is 129. The Kier molecular flexibility index (Phi) is 34.7. The summed E-state index contributed by atoms with van der Waals surface area (Å²) >= 11 is 0. The largest absolute Gasteiger partial charge is 0.460 e. The van der Waals surface area contributed by atoms with Crippen molar-refractivity contribution in [3.63, 3.8) is 0 Å². The van der Waals surface area contributed by atoms with E-state index in [2.05, 4.69) is 20.9 Å². The van der Waals surface area contributed by atoms with Crippen LogP contribution in [0, 0.1) is 11.8 Å². The molecule has 590 valence electrons. The van der Waals surface area contributed by atoms with E-state index in [0.717, 1.165) is 44.5 Å². The highest BCUT2D eigenvalue weighted by Gasteiger charge is 2.65. The van der Waals surface area contributed by atoms with Crippen LogP contribution in [0.25, 0.3) is 0 Å². The summed E-state index contributed by atoms with van der Waals surface area (Å²) in [6.45, 7) is 8.39. The van der Waals surface area contributed by atoms with E-state index in [4.69, 9.17) is 47.4 Å². The molecule has 20 heteroatoms. The Morgan fingerprint density at radius 2 is 0.745 bits per heavy atom. The van der Waals surface area contributed by atoms with Gasteiger partial charge in [-0.1, -0.05) is 263 Å². The third-order valence-corrected chi connectivity index (χ3v) is 20.4. The molecule has 0 saturated carbocycles. The Labute approximate surface area is 647 Å². The number of rotatable bonds is 43.